The summed E-state index contributed by atoms with van der Waals surface area (Å²) in [6, 6.07) is 3.97. The van der Waals surface area contributed by atoms with Gasteiger partial charge in [0, 0.05) is 25.9 Å². The van der Waals surface area contributed by atoms with Crippen LogP contribution in [0.5, 0.6) is 5.75 Å². The first-order valence-corrected chi connectivity index (χ1v) is 6.07. The molecular formula is C13H22N2O2. The van der Waals surface area contributed by atoms with Crippen molar-refractivity contribution in [2.24, 2.45) is 0 Å². The molecule has 0 aromatic carbocycles. The van der Waals surface area contributed by atoms with E-state index >= 15 is 0 Å². The van der Waals surface area contributed by atoms with Crippen molar-refractivity contribution in [2.45, 2.75) is 26.8 Å². The molecule has 0 radical (unpaired) electrons. The Morgan fingerprint density at radius 3 is 2.82 bits per heavy atom. The Morgan fingerprint density at radius 1 is 1.29 bits per heavy atom. The van der Waals surface area contributed by atoms with E-state index in [1.807, 2.05) is 19.1 Å². The van der Waals surface area contributed by atoms with Gasteiger partial charge in [0.05, 0.1) is 18.9 Å². The van der Waals surface area contributed by atoms with E-state index in [9.17, 15) is 0 Å². The number of rotatable bonds is 8. The number of hydrogen-bond donors (Lipinski definition) is 1. The fraction of sp³-hybridized carbons (Fsp3) is 0.615. The summed E-state index contributed by atoms with van der Waals surface area (Å²) >= 11 is 0. The number of pyridine rings is 1. The molecule has 0 amide bonds. The zero-order valence-electron chi connectivity index (χ0n) is 11.0. The topological polar surface area (TPSA) is 43.4 Å². The van der Waals surface area contributed by atoms with Gasteiger partial charge in [0.2, 0.25) is 0 Å². The second-order valence-corrected chi connectivity index (χ2v) is 3.92. The molecule has 0 unspecified atom stereocenters. The van der Waals surface area contributed by atoms with Crippen LogP contribution in [0.3, 0.4) is 0 Å². The van der Waals surface area contributed by atoms with Gasteiger partial charge in [-0.1, -0.05) is 6.92 Å². The van der Waals surface area contributed by atoms with E-state index in [1.54, 1.807) is 7.11 Å². The SMILES string of the molecule is CCCOc1ccc(C)nc1CNCCOC. The lowest BCUT2D eigenvalue weighted by atomic mass is 10.3. The second-order valence-electron chi connectivity index (χ2n) is 3.92. The van der Waals surface area contributed by atoms with Crippen LogP contribution >= 0.6 is 0 Å². The van der Waals surface area contributed by atoms with Gasteiger partial charge in [-0.3, -0.25) is 4.98 Å². The van der Waals surface area contributed by atoms with Gasteiger partial charge in [-0.25, -0.2) is 0 Å². The van der Waals surface area contributed by atoms with Crippen molar-refractivity contribution < 1.29 is 9.47 Å². The molecule has 0 spiro atoms. The van der Waals surface area contributed by atoms with Crippen molar-refractivity contribution in [1.29, 1.82) is 0 Å². The van der Waals surface area contributed by atoms with E-state index in [0.717, 1.165) is 36.7 Å². The highest BCUT2D eigenvalue weighted by atomic mass is 16.5. The van der Waals surface area contributed by atoms with Crippen molar-refractivity contribution in [2.75, 3.05) is 26.9 Å². The molecule has 0 aliphatic carbocycles. The first-order valence-electron chi connectivity index (χ1n) is 6.07. The monoisotopic (exact) mass is 238 g/mol. The molecule has 0 saturated carbocycles. The van der Waals surface area contributed by atoms with Gasteiger partial charge in [0.15, 0.2) is 0 Å². The molecule has 1 aromatic rings. The molecule has 0 aliphatic heterocycles. The third-order valence-corrected chi connectivity index (χ3v) is 2.31. The molecule has 4 heteroatoms. The minimum atomic E-state index is 0.705. The normalized spacial score (nSPS) is 10.5. The summed E-state index contributed by atoms with van der Waals surface area (Å²) in [6.45, 7) is 7.05. The van der Waals surface area contributed by atoms with Crippen LogP contribution in [0.1, 0.15) is 24.7 Å². The van der Waals surface area contributed by atoms with E-state index in [-0.39, 0.29) is 0 Å². The van der Waals surface area contributed by atoms with E-state index in [4.69, 9.17) is 9.47 Å². The third kappa shape index (κ3) is 5.15. The lowest BCUT2D eigenvalue weighted by molar-refractivity contribution is 0.199. The Kier molecular flexibility index (Phi) is 6.58. The summed E-state index contributed by atoms with van der Waals surface area (Å²) in [7, 11) is 1.70. The van der Waals surface area contributed by atoms with Gasteiger partial charge >= 0.3 is 0 Å². The predicted octanol–water partition coefficient (Wildman–Crippen LogP) is 1.91. The molecule has 0 bridgehead atoms. The van der Waals surface area contributed by atoms with Gasteiger partial charge in [-0.15, -0.1) is 0 Å². The van der Waals surface area contributed by atoms with Crippen molar-refractivity contribution in [3.63, 3.8) is 0 Å². The predicted molar refractivity (Wildman–Crippen MR) is 68.3 cm³/mol. The Balaban J connectivity index is 2.56. The molecule has 1 rings (SSSR count). The molecule has 0 aliphatic rings. The first-order chi connectivity index (χ1) is 8.27. The molecule has 17 heavy (non-hydrogen) atoms. The Bertz CT molecular complexity index is 329. The lowest BCUT2D eigenvalue weighted by Crippen LogP contribution is -2.20. The fourth-order valence-corrected chi connectivity index (χ4v) is 1.45. The summed E-state index contributed by atoms with van der Waals surface area (Å²) in [4.78, 5) is 4.50. The quantitative estimate of drug-likeness (QED) is 0.703. The van der Waals surface area contributed by atoms with Gasteiger partial charge in [0.1, 0.15) is 5.75 Å². The molecule has 0 saturated heterocycles. The molecular weight excluding hydrogens is 216 g/mol. The van der Waals surface area contributed by atoms with Crippen LogP contribution in [0, 0.1) is 6.92 Å². The number of methoxy groups -OCH3 is 1. The van der Waals surface area contributed by atoms with Crippen LogP contribution in [0.15, 0.2) is 12.1 Å². The van der Waals surface area contributed by atoms with E-state index in [2.05, 4.69) is 17.2 Å². The molecule has 4 nitrogen and oxygen atoms in total. The number of ether oxygens (including phenoxy) is 2. The Labute approximate surface area is 103 Å². The maximum absolute atomic E-state index is 5.66. The standard InChI is InChI=1S/C13H22N2O2/c1-4-8-17-13-6-5-11(2)15-12(13)10-14-7-9-16-3/h5-6,14H,4,7-10H2,1-3H3. The van der Waals surface area contributed by atoms with Crippen LogP contribution in [0.25, 0.3) is 0 Å². The highest BCUT2D eigenvalue weighted by Gasteiger charge is 2.05. The fourth-order valence-electron chi connectivity index (χ4n) is 1.45. The number of nitrogens with one attached hydrogen (secondary N) is 1. The van der Waals surface area contributed by atoms with Crippen molar-refractivity contribution in [1.82, 2.24) is 10.3 Å². The van der Waals surface area contributed by atoms with Crippen molar-refractivity contribution >= 4 is 0 Å². The third-order valence-electron chi connectivity index (χ3n) is 2.31. The zero-order chi connectivity index (χ0) is 12.5. The molecule has 1 N–H and O–H groups in total. The molecule has 96 valence electrons. The van der Waals surface area contributed by atoms with Gasteiger partial charge < -0.3 is 14.8 Å². The van der Waals surface area contributed by atoms with Gasteiger partial charge in [0.25, 0.3) is 0 Å². The van der Waals surface area contributed by atoms with Crippen LogP contribution < -0.4 is 10.1 Å². The highest BCUT2D eigenvalue weighted by molar-refractivity contribution is 5.29. The Hall–Kier alpha value is -1.13. The van der Waals surface area contributed by atoms with Crippen LogP contribution in [-0.2, 0) is 11.3 Å². The van der Waals surface area contributed by atoms with Gasteiger partial charge in [-0.2, -0.15) is 0 Å². The molecule has 1 aromatic heterocycles. The minimum absolute atomic E-state index is 0.705. The maximum Gasteiger partial charge on any atom is 0.142 e. The summed E-state index contributed by atoms with van der Waals surface area (Å²) in [5.74, 6) is 0.877. The average molecular weight is 238 g/mol. The Morgan fingerprint density at radius 2 is 2.12 bits per heavy atom. The summed E-state index contributed by atoms with van der Waals surface area (Å²) in [5.41, 5.74) is 1.98. The van der Waals surface area contributed by atoms with Crippen LogP contribution in [-0.4, -0.2) is 31.9 Å². The highest BCUT2D eigenvalue weighted by Crippen LogP contribution is 2.16. The average Bonchev–Trinajstić information content (AvgIpc) is 2.33. The van der Waals surface area contributed by atoms with E-state index in [1.165, 1.54) is 0 Å². The molecule has 1 heterocycles. The second kappa shape index (κ2) is 8.03. The van der Waals surface area contributed by atoms with Crippen molar-refractivity contribution in [3.8, 4) is 5.75 Å². The maximum atomic E-state index is 5.66. The van der Waals surface area contributed by atoms with E-state index < -0.39 is 0 Å². The zero-order valence-corrected chi connectivity index (χ0v) is 11.0. The smallest absolute Gasteiger partial charge is 0.142 e. The van der Waals surface area contributed by atoms with Crippen LogP contribution in [0.4, 0.5) is 0 Å². The molecule has 0 fully saturated rings. The number of hydrogen-bond acceptors (Lipinski definition) is 4. The minimum Gasteiger partial charge on any atom is -0.492 e. The number of aryl methyl sites for hydroxylation is 1. The molecule has 0 atom stereocenters. The summed E-state index contributed by atoms with van der Waals surface area (Å²) in [6.07, 6.45) is 1.00. The van der Waals surface area contributed by atoms with Gasteiger partial charge in [-0.05, 0) is 25.5 Å². The number of aromatic nitrogens is 1. The number of nitrogens with zero attached hydrogens (tertiary/aromatic N) is 1. The lowest BCUT2D eigenvalue weighted by Gasteiger charge is -2.11. The summed E-state index contributed by atoms with van der Waals surface area (Å²) < 4.78 is 10.6. The first kappa shape index (κ1) is 13.9. The van der Waals surface area contributed by atoms with Crippen LogP contribution in [0.2, 0.25) is 0 Å². The van der Waals surface area contributed by atoms with E-state index in [0.29, 0.717) is 13.2 Å². The summed E-state index contributed by atoms with van der Waals surface area (Å²) in [5, 5.41) is 3.28. The van der Waals surface area contributed by atoms with Crippen molar-refractivity contribution in [3.05, 3.63) is 23.5 Å². The largest absolute Gasteiger partial charge is 0.492 e.